The summed E-state index contributed by atoms with van der Waals surface area (Å²) < 4.78 is 0. The van der Waals surface area contributed by atoms with Crippen molar-refractivity contribution in [1.82, 2.24) is 0 Å². The van der Waals surface area contributed by atoms with E-state index in [4.69, 9.17) is 0 Å². The molecule has 48 valence electrons. The van der Waals surface area contributed by atoms with Crippen LogP contribution < -0.4 is 0 Å². The van der Waals surface area contributed by atoms with Gasteiger partial charge in [-0.2, -0.15) is 0 Å². The Hall–Kier alpha value is -0.590. The SMILES string of the molecule is CC1=CC(C2CC2)=NC1. The van der Waals surface area contributed by atoms with E-state index in [9.17, 15) is 0 Å². The number of aliphatic imine (C=N–C) groups is 1. The average Bonchev–Trinajstić information content (AvgIpc) is 2.58. The van der Waals surface area contributed by atoms with Crippen LogP contribution in [0.2, 0.25) is 0 Å². The van der Waals surface area contributed by atoms with Crippen molar-refractivity contribution < 1.29 is 0 Å². The van der Waals surface area contributed by atoms with Crippen LogP contribution in [0.4, 0.5) is 0 Å². The predicted molar refractivity (Wildman–Crippen MR) is 38.8 cm³/mol. The molecule has 2 rings (SSSR count). The van der Waals surface area contributed by atoms with Gasteiger partial charge in [0.1, 0.15) is 0 Å². The van der Waals surface area contributed by atoms with Gasteiger partial charge >= 0.3 is 0 Å². The number of allylic oxidation sites excluding steroid dienone is 1. The highest BCUT2D eigenvalue weighted by Gasteiger charge is 2.27. The van der Waals surface area contributed by atoms with Gasteiger partial charge in [-0.25, -0.2) is 0 Å². The maximum absolute atomic E-state index is 4.40. The molecular formula is C8H11N. The second-order valence-electron chi connectivity index (χ2n) is 3.01. The van der Waals surface area contributed by atoms with Gasteiger partial charge in [0.25, 0.3) is 0 Å². The number of rotatable bonds is 1. The first-order chi connectivity index (χ1) is 4.36. The normalized spacial score (nSPS) is 25.9. The van der Waals surface area contributed by atoms with Crippen molar-refractivity contribution in [3.8, 4) is 0 Å². The molecule has 0 unspecified atom stereocenters. The Labute approximate surface area is 55.5 Å². The second-order valence-corrected chi connectivity index (χ2v) is 3.01. The minimum absolute atomic E-state index is 0.849. The third kappa shape index (κ3) is 0.913. The molecule has 0 bridgehead atoms. The van der Waals surface area contributed by atoms with Crippen molar-refractivity contribution in [3.63, 3.8) is 0 Å². The lowest BCUT2D eigenvalue weighted by atomic mass is 10.2. The summed E-state index contributed by atoms with van der Waals surface area (Å²) in [5.41, 5.74) is 2.80. The van der Waals surface area contributed by atoms with Crippen LogP contribution in [0.5, 0.6) is 0 Å². The van der Waals surface area contributed by atoms with Crippen LogP contribution in [0.3, 0.4) is 0 Å². The molecule has 9 heavy (non-hydrogen) atoms. The molecule has 0 aromatic carbocycles. The third-order valence-corrected chi connectivity index (χ3v) is 1.90. The Morgan fingerprint density at radius 3 is 2.78 bits per heavy atom. The zero-order valence-corrected chi connectivity index (χ0v) is 5.72. The molecule has 1 nitrogen and oxygen atoms in total. The first-order valence-electron chi connectivity index (χ1n) is 3.58. The maximum Gasteiger partial charge on any atom is 0.0604 e. The highest BCUT2D eigenvalue weighted by Crippen LogP contribution is 2.32. The molecule has 1 heterocycles. The molecular weight excluding hydrogens is 110 g/mol. The van der Waals surface area contributed by atoms with E-state index in [0.717, 1.165) is 12.5 Å². The van der Waals surface area contributed by atoms with Crippen LogP contribution in [-0.2, 0) is 0 Å². The summed E-state index contributed by atoms with van der Waals surface area (Å²) in [5.74, 6) is 0.849. The lowest BCUT2D eigenvalue weighted by Crippen LogP contribution is -1.90. The van der Waals surface area contributed by atoms with Crippen molar-refractivity contribution in [2.24, 2.45) is 10.9 Å². The van der Waals surface area contributed by atoms with E-state index in [1.165, 1.54) is 24.1 Å². The predicted octanol–water partition coefficient (Wildman–Crippen LogP) is 1.80. The van der Waals surface area contributed by atoms with Crippen molar-refractivity contribution in [3.05, 3.63) is 11.6 Å². The molecule has 1 fully saturated rings. The summed E-state index contributed by atoms with van der Waals surface area (Å²) in [6.07, 6.45) is 5.00. The van der Waals surface area contributed by atoms with E-state index in [0.29, 0.717) is 0 Å². The van der Waals surface area contributed by atoms with E-state index in [2.05, 4.69) is 18.0 Å². The monoisotopic (exact) mass is 121 g/mol. The van der Waals surface area contributed by atoms with Crippen LogP contribution in [-0.4, -0.2) is 12.3 Å². The maximum atomic E-state index is 4.40. The third-order valence-electron chi connectivity index (χ3n) is 1.90. The van der Waals surface area contributed by atoms with Crippen molar-refractivity contribution in [1.29, 1.82) is 0 Å². The van der Waals surface area contributed by atoms with E-state index in [1.54, 1.807) is 0 Å². The highest BCUT2D eigenvalue weighted by atomic mass is 14.8. The quantitative estimate of drug-likeness (QED) is 0.501. The van der Waals surface area contributed by atoms with Crippen molar-refractivity contribution in [2.45, 2.75) is 19.8 Å². The fourth-order valence-electron chi connectivity index (χ4n) is 1.19. The van der Waals surface area contributed by atoms with E-state index < -0.39 is 0 Å². The number of hydrogen-bond donors (Lipinski definition) is 0. The molecule has 0 spiro atoms. The summed E-state index contributed by atoms with van der Waals surface area (Å²) in [6, 6.07) is 0. The topological polar surface area (TPSA) is 12.4 Å². The molecule has 1 aliphatic carbocycles. The lowest BCUT2D eigenvalue weighted by molar-refractivity contribution is 1.14. The molecule has 0 amide bonds. The minimum Gasteiger partial charge on any atom is -0.285 e. The van der Waals surface area contributed by atoms with Crippen LogP contribution in [0.25, 0.3) is 0 Å². The smallest absolute Gasteiger partial charge is 0.0604 e. The van der Waals surface area contributed by atoms with Crippen molar-refractivity contribution >= 4 is 5.71 Å². The standard InChI is InChI=1S/C8H11N/c1-6-4-8(9-5-6)7-2-3-7/h4,7H,2-3,5H2,1H3. The Morgan fingerprint density at radius 1 is 1.56 bits per heavy atom. The molecule has 0 aromatic heterocycles. The van der Waals surface area contributed by atoms with Gasteiger partial charge in [0.05, 0.1) is 6.54 Å². The average molecular weight is 121 g/mol. The summed E-state index contributed by atoms with van der Waals surface area (Å²) >= 11 is 0. The molecule has 1 heteroatoms. The highest BCUT2D eigenvalue weighted by molar-refractivity contribution is 6.00. The molecule has 0 radical (unpaired) electrons. The fourth-order valence-corrected chi connectivity index (χ4v) is 1.19. The van der Waals surface area contributed by atoms with Crippen molar-refractivity contribution in [2.75, 3.05) is 6.54 Å². The number of hydrogen-bond acceptors (Lipinski definition) is 1. The molecule has 1 aliphatic heterocycles. The molecule has 0 saturated heterocycles. The van der Waals surface area contributed by atoms with Gasteiger partial charge in [-0.15, -0.1) is 0 Å². The van der Waals surface area contributed by atoms with Crippen LogP contribution in [0, 0.1) is 5.92 Å². The van der Waals surface area contributed by atoms with Gasteiger partial charge < -0.3 is 0 Å². The van der Waals surface area contributed by atoms with Gasteiger partial charge in [-0.3, -0.25) is 4.99 Å². The molecule has 2 aliphatic rings. The fraction of sp³-hybridized carbons (Fsp3) is 0.625. The molecule has 0 atom stereocenters. The second kappa shape index (κ2) is 1.69. The zero-order valence-electron chi connectivity index (χ0n) is 5.72. The Balaban J connectivity index is 2.12. The molecule has 1 saturated carbocycles. The van der Waals surface area contributed by atoms with Gasteiger partial charge in [0.2, 0.25) is 0 Å². The van der Waals surface area contributed by atoms with Gasteiger partial charge in [0, 0.05) is 11.6 Å². The van der Waals surface area contributed by atoms with E-state index in [1.807, 2.05) is 0 Å². The first-order valence-corrected chi connectivity index (χ1v) is 3.58. The summed E-state index contributed by atoms with van der Waals surface area (Å²) in [5, 5.41) is 0. The summed E-state index contributed by atoms with van der Waals surface area (Å²) in [7, 11) is 0. The van der Waals surface area contributed by atoms with Gasteiger partial charge in [-0.1, -0.05) is 5.57 Å². The van der Waals surface area contributed by atoms with Gasteiger partial charge in [0.15, 0.2) is 0 Å². The Morgan fingerprint density at radius 2 is 2.33 bits per heavy atom. The zero-order chi connectivity index (χ0) is 6.27. The molecule has 0 aromatic rings. The Kier molecular flexibility index (Phi) is 0.981. The first kappa shape index (κ1) is 5.21. The summed E-state index contributed by atoms with van der Waals surface area (Å²) in [6.45, 7) is 3.12. The minimum atomic E-state index is 0.849. The van der Waals surface area contributed by atoms with Crippen LogP contribution in [0.1, 0.15) is 19.8 Å². The van der Waals surface area contributed by atoms with Crippen LogP contribution in [0.15, 0.2) is 16.6 Å². The van der Waals surface area contributed by atoms with Crippen LogP contribution >= 0.6 is 0 Å². The lowest BCUT2D eigenvalue weighted by Gasteiger charge is -1.86. The largest absolute Gasteiger partial charge is 0.285 e. The van der Waals surface area contributed by atoms with E-state index >= 15 is 0 Å². The number of nitrogens with zero attached hydrogens (tertiary/aromatic N) is 1. The molecule has 0 N–H and O–H groups in total. The Bertz CT molecular complexity index is 185. The van der Waals surface area contributed by atoms with E-state index in [-0.39, 0.29) is 0 Å². The summed E-state index contributed by atoms with van der Waals surface area (Å²) in [4.78, 5) is 4.40. The van der Waals surface area contributed by atoms with Gasteiger partial charge in [-0.05, 0) is 25.8 Å².